The molecule has 21 heavy (non-hydrogen) atoms. The Morgan fingerprint density at radius 1 is 1.29 bits per heavy atom. The average Bonchev–Trinajstić information content (AvgIpc) is 2.83. The smallest absolute Gasteiger partial charge is 0.268 e. The quantitative estimate of drug-likeness (QED) is 0.760. The SMILES string of the molecule is O=C(NCc1ccc(C#CCO)cc1)c1cc(Cl)c(Cl)[nH]1. The Labute approximate surface area is 132 Å². The number of hydrogen-bond acceptors (Lipinski definition) is 2. The lowest BCUT2D eigenvalue weighted by Crippen LogP contribution is -2.23. The van der Waals surface area contributed by atoms with Gasteiger partial charge in [-0.1, -0.05) is 47.2 Å². The predicted octanol–water partition coefficient (Wildman–Crippen LogP) is 2.60. The summed E-state index contributed by atoms with van der Waals surface area (Å²) in [5, 5.41) is 11.9. The van der Waals surface area contributed by atoms with E-state index in [-0.39, 0.29) is 17.7 Å². The number of aromatic amines is 1. The first kappa shape index (κ1) is 15.5. The Kier molecular flexibility index (Phi) is 5.29. The van der Waals surface area contributed by atoms with Gasteiger partial charge in [0.25, 0.3) is 5.91 Å². The molecule has 0 atom stereocenters. The van der Waals surface area contributed by atoms with Crippen molar-refractivity contribution in [3.8, 4) is 11.8 Å². The summed E-state index contributed by atoms with van der Waals surface area (Å²) in [4.78, 5) is 14.6. The Morgan fingerprint density at radius 3 is 2.57 bits per heavy atom. The van der Waals surface area contributed by atoms with Crippen LogP contribution in [-0.2, 0) is 6.54 Å². The van der Waals surface area contributed by atoms with Crippen LogP contribution in [0.1, 0.15) is 21.6 Å². The van der Waals surface area contributed by atoms with Gasteiger partial charge in [0.2, 0.25) is 0 Å². The monoisotopic (exact) mass is 322 g/mol. The molecule has 0 saturated carbocycles. The first-order valence-corrected chi connectivity index (χ1v) is 6.86. The highest BCUT2D eigenvalue weighted by Crippen LogP contribution is 2.21. The molecule has 2 aromatic rings. The number of nitrogens with one attached hydrogen (secondary N) is 2. The molecule has 3 N–H and O–H groups in total. The zero-order valence-electron chi connectivity index (χ0n) is 10.9. The van der Waals surface area contributed by atoms with E-state index in [9.17, 15) is 4.79 Å². The van der Waals surface area contributed by atoms with Crippen LogP contribution in [0.15, 0.2) is 30.3 Å². The molecule has 0 saturated heterocycles. The van der Waals surface area contributed by atoms with Gasteiger partial charge in [-0.3, -0.25) is 4.79 Å². The predicted molar refractivity (Wildman–Crippen MR) is 82.4 cm³/mol. The summed E-state index contributed by atoms with van der Waals surface area (Å²) in [7, 11) is 0. The minimum atomic E-state index is -0.284. The van der Waals surface area contributed by atoms with Crippen LogP contribution in [-0.4, -0.2) is 22.6 Å². The molecule has 0 aliphatic heterocycles. The summed E-state index contributed by atoms with van der Waals surface area (Å²) in [5.41, 5.74) is 2.05. The van der Waals surface area contributed by atoms with Crippen molar-refractivity contribution in [2.24, 2.45) is 0 Å². The molecule has 0 bridgehead atoms. The summed E-state index contributed by atoms with van der Waals surface area (Å²) in [6.45, 7) is 0.208. The zero-order valence-corrected chi connectivity index (χ0v) is 12.4. The number of aliphatic hydroxyl groups excluding tert-OH is 1. The van der Waals surface area contributed by atoms with Gasteiger partial charge in [0.1, 0.15) is 17.5 Å². The Balaban J connectivity index is 1.95. The van der Waals surface area contributed by atoms with Gasteiger partial charge in [-0.05, 0) is 23.8 Å². The molecular weight excluding hydrogens is 311 g/mol. The van der Waals surface area contributed by atoms with Crippen LogP contribution < -0.4 is 5.32 Å². The minimum Gasteiger partial charge on any atom is -0.384 e. The lowest BCUT2D eigenvalue weighted by molar-refractivity contribution is 0.0946. The number of halogens is 2. The third kappa shape index (κ3) is 4.27. The molecule has 1 aromatic heterocycles. The number of aliphatic hydroxyl groups is 1. The van der Waals surface area contributed by atoms with Gasteiger partial charge < -0.3 is 15.4 Å². The van der Waals surface area contributed by atoms with Crippen molar-refractivity contribution in [3.63, 3.8) is 0 Å². The fourth-order valence-corrected chi connectivity index (χ4v) is 1.96. The van der Waals surface area contributed by atoms with E-state index < -0.39 is 0 Å². The maximum Gasteiger partial charge on any atom is 0.268 e. The maximum absolute atomic E-state index is 11.9. The first-order valence-electron chi connectivity index (χ1n) is 6.11. The van der Waals surface area contributed by atoms with E-state index in [4.69, 9.17) is 28.3 Å². The molecule has 0 aliphatic carbocycles. The van der Waals surface area contributed by atoms with Gasteiger partial charge in [0.05, 0.1) is 5.02 Å². The molecule has 0 aliphatic rings. The number of hydrogen-bond donors (Lipinski definition) is 3. The molecule has 6 heteroatoms. The fraction of sp³-hybridized carbons (Fsp3) is 0.133. The number of benzene rings is 1. The molecule has 108 valence electrons. The van der Waals surface area contributed by atoms with Gasteiger partial charge in [-0.2, -0.15) is 0 Å². The van der Waals surface area contributed by atoms with E-state index in [1.54, 1.807) is 0 Å². The van der Waals surface area contributed by atoms with Gasteiger partial charge in [-0.25, -0.2) is 0 Å². The highest BCUT2D eigenvalue weighted by atomic mass is 35.5. The molecular formula is C15H12Cl2N2O2. The van der Waals surface area contributed by atoms with E-state index in [2.05, 4.69) is 22.1 Å². The summed E-state index contributed by atoms with van der Waals surface area (Å²) in [6.07, 6.45) is 0. The highest BCUT2D eigenvalue weighted by Gasteiger charge is 2.10. The van der Waals surface area contributed by atoms with E-state index in [0.717, 1.165) is 11.1 Å². The Bertz CT molecular complexity index is 677. The van der Waals surface area contributed by atoms with E-state index >= 15 is 0 Å². The van der Waals surface area contributed by atoms with Crippen molar-refractivity contribution in [2.45, 2.75) is 6.54 Å². The summed E-state index contributed by atoms with van der Waals surface area (Å²) >= 11 is 11.5. The summed E-state index contributed by atoms with van der Waals surface area (Å²) < 4.78 is 0. The second kappa shape index (κ2) is 7.19. The van der Waals surface area contributed by atoms with Gasteiger partial charge in [0.15, 0.2) is 0 Å². The highest BCUT2D eigenvalue weighted by molar-refractivity contribution is 6.41. The summed E-state index contributed by atoms with van der Waals surface area (Å²) in [5.74, 6) is 5.09. The van der Waals surface area contributed by atoms with E-state index in [1.807, 2.05) is 24.3 Å². The largest absolute Gasteiger partial charge is 0.384 e. The van der Waals surface area contributed by atoms with Crippen molar-refractivity contribution >= 4 is 29.1 Å². The van der Waals surface area contributed by atoms with Crippen LogP contribution in [0, 0.1) is 11.8 Å². The minimum absolute atomic E-state index is 0.168. The molecule has 1 aromatic carbocycles. The molecule has 1 amide bonds. The third-order valence-electron chi connectivity index (χ3n) is 2.69. The number of amides is 1. The molecule has 0 spiro atoms. The fourth-order valence-electron chi connectivity index (χ4n) is 1.65. The van der Waals surface area contributed by atoms with Crippen LogP contribution in [0.3, 0.4) is 0 Å². The van der Waals surface area contributed by atoms with Crippen molar-refractivity contribution < 1.29 is 9.90 Å². The van der Waals surface area contributed by atoms with Crippen molar-refractivity contribution in [2.75, 3.05) is 6.61 Å². The van der Waals surface area contributed by atoms with Crippen molar-refractivity contribution in [1.29, 1.82) is 0 Å². The van der Waals surface area contributed by atoms with Gasteiger partial charge >= 0.3 is 0 Å². The molecule has 2 rings (SSSR count). The number of carbonyl (C=O) groups excluding carboxylic acids is 1. The number of carbonyl (C=O) groups is 1. The topological polar surface area (TPSA) is 65.1 Å². The van der Waals surface area contributed by atoms with Crippen LogP contribution in [0.4, 0.5) is 0 Å². The Morgan fingerprint density at radius 2 is 2.00 bits per heavy atom. The van der Waals surface area contributed by atoms with Gasteiger partial charge in [-0.15, -0.1) is 0 Å². The molecule has 0 fully saturated rings. The number of H-pyrrole nitrogens is 1. The maximum atomic E-state index is 11.9. The summed E-state index contributed by atoms with van der Waals surface area (Å²) in [6, 6.07) is 8.85. The van der Waals surface area contributed by atoms with Crippen LogP contribution in [0.2, 0.25) is 10.2 Å². The normalized spacial score (nSPS) is 9.86. The van der Waals surface area contributed by atoms with Crippen molar-refractivity contribution in [1.82, 2.24) is 10.3 Å². The lowest BCUT2D eigenvalue weighted by atomic mass is 10.1. The Hall–Kier alpha value is -1.93. The second-order valence-electron chi connectivity index (χ2n) is 4.18. The molecule has 1 heterocycles. The van der Waals surface area contributed by atoms with Crippen LogP contribution in [0.5, 0.6) is 0 Å². The molecule has 4 nitrogen and oxygen atoms in total. The molecule has 0 radical (unpaired) electrons. The van der Waals surface area contributed by atoms with Crippen molar-refractivity contribution in [3.05, 3.63) is 57.3 Å². The van der Waals surface area contributed by atoms with E-state index in [1.165, 1.54) is 6.07 Å². The first-order chi connectivity index (χ1) is 10.1. The third-order valence-corrected chi connectivity index (χ3v) is 3.38. The second-order valence-corrected chi connectivity index (χ2v) is 4.97. The average molecular weight is 323 g/mol. The standard InChI is InChI=1S/C15H12Cl2N2O2/c16-12-8-13(19-14(12)17)15(21)18-9-11-5-3-10(4-6-11)2-1-7-20/h3-6,8,19-20H,7,9H2,(H,18,21). The number of aromatic nitrogens is 1. The number of rotatable bonds is 3. The van der Waals surface area contributed by atoms with Crippen LogP contribution in [0.25, 0.3) is 0 Å². The van der Waals surface area contributed by atoms with Crippen LogP contribution >= 0.6 is 23.2 Å². The zero-order chi connectivity index (χ0) is 15.2. The van der Waals surface area contributed by atoms with E-state index in [0.29, 0.717) is 17.3 Å². The van der Waals surface area contributed by atoms with Gasteiger partial charge in [0, 0.05) is 12.1 Å². The molecule has 0 unspecified atom stereocenters. The lowest BCUT2D eigenvalue weighted by Gasteiger charge is -2.04.